The minimum absolute atomic E-state index is 0.233. The molecule has 4 fully saturated rings. The van der Waals surface area contributed by atoms with Crippen LogP contribution in [0.25, 0.3) is 10.2 Å². The van der Waals surface area contributed by atoms with Crippen LogP contribution in [0, 0.1) is 5.41 Å². The zero-order valence-electron chi connectivity index (χ0n) is 22.3. The fourth-order valence-corrected chi connectivity index (χ4v) is 8.22. The lowest BCUT2D eigenvalue weighted by atomic mass is 9.72. The van der Waals surface area contributed by atoms with Gasteiger partial charge in [-0.15, -0.1) is 0 Å². The number of aromatic carboxylic acids is 1. The van der Waals surface area contributed by atoms with Gasteiger partial charge in [0, 0.05) is 29.5 Å². The van der Waals surface area contributed by atoms with Gasteiger partial charge in [-0.05, 0) is 87.8 Å². The van der Waals surface area contributed by atoms with Crippen LogP contribution in [0.5, 0.6) is 0 Å². The summed E-state index contributed by atoms with van der Waals surface area (Å²) in [6.45, 7) is 5.38. The molecule has 202 valence electrons. The van der Waals surface area contributed by atoms with E-state index in [-0.39, 0.29) is 6.10 Å². The number of piperidine rings is 1. The van der Waals surface area contributed by atoms with Crippen molar-refractivity contribution in [1.82, 2.24) is 10.1 Å². The standard InChI is InChI=1S/C30H37N3O4S/c1-30(2)11-9-17(10-12-30)26-23(27(37-32-26)18-3-4-18)16-36-22-14-20-6-7-21(15-22)33(20)29-31-24-8-5-19(28(34)35)13-25(24)38-29/h5,8,13,17-18,20-22H,3-4,6-7,9-12,14-16H2,1-2H3,(H,34,35). The molecular weight excluding hydrogens is 498 g/mol. The van der Waals surface area contributed by atoms with E-state index in [4.69, 9.17) is 14.2 Å². The zero-order valence-corrected chi connectivity index (χ0v) is 23.1. The molecule has 1 aromatic carbocycles. The monoisotopic (exact) mass is 535 g/mol. The fourth-order valence-electron chi connectivity index (χ4n) is 7.07. The van der Waals surface area contributed by atoms with Crippen molar-refractivity contribution in [2.75, 3.05) is 4.90 Å². The first-order valence-corrected chi connectivity index (χ1v) is 15.2. The Balaban J connectivity index is 1.05. The van der Waals surface area contributed by atoms with Crippen molar-refractivity contribution in [3.05, 3.63) is 40.8 Å². The number of carboxylic acids is 1. The molecule has 0 amide bonds. The van der Waals surface area contributed by atoms with E-state index in [0.29, 0.717) is 41.5 Å². The third-order valence-electron chi connectivity index (χ3n) is 9.52. The van der Waals surface area contributed by atoms with E-state index in [9.17, 15) is 9.90 Å². The Hall–Kier alpha value is -2.45. The van der Waals surface area contributed by atoms with Crippen molar-refractivity contribution >= 4 is 32.7 Å². The van der Waals surface area contributed by atoms with Crippen LogP contribution in [-0.4, -0.2) is 39.4 Å². The first kappa shape index (κ1) is 24.6. The second-order valence-electron chi connectivity index (χ2n) is 12.8. The van der Waals surface area contributed by atoms with Gasteiger partial charge in [0.05, 0.1) is 34.2 Å². The maximum absolute atomic E-state index is 11.4. The molecule has 2 bridgehead atoms. The lowest BCUT2D eigenvalue weighted by Gasteiger charge is -2.38. The lowest BCUT2D eigenvalue weighted by molar-refractivity contribution is 0.0140. The van der Waals surface area contributed by atoms with Gasteiger partial charge >= 0.3 is 5.97 Å². The predicted octanol–water partition coefficient (Wildman–Crippen LogP) is 7.26. The van der Waals surface area contributed by atoms with Crippen LogP contribution in [-0.2, 0) is 11.3 Å². The number of benzene rings is 1. The summed E-state index contributed by atoms with van der Waals surface area (Å²) in [6, 6.07) is 6.06. The van der Waals surface area contributed by atoms with Gasteiger partial charge in [-0.2, -0.15) is 0 Å². The Bertz CT molecular complexity index is 1330. The highest BCUT2D eigenvalue weighted by Crippen LogP contribution is 2.48. The lowest BCUT2D eigenvalue weighted by Crippen LogP contribution is -2.45. The Morgan fingerprint density at radius 3 is 2.53 bits per heavy atom. The molecule has 3 aromatic rings. The minimum Gasteiger partial charge on any atom is -0.478 e. The van der Waals surface area contributed by atoms with E-state index in [1.54, 1.807) is 23.5 Å². The Morgan fingerprint density at radius 1 is 1.11 bits per heavy atom. The molecule has 0 spiro atoms. The summed E-state index contributed by atoms with van der Waals surface area (Å²) in [4.78, 5) is 18.8. The van der Waals surface area contributed by atoms with Gasteiger partial charge in [0.15, 0.2) is 5.13 Å². The van der Waals surface area contributed by atoms with Gasteiger partial charge in [0.1, 0.15) is 5.76 Å². The SMILES string of the molecule is CC1(C)CCC(c2noc(C3CC3)c2COC2CC3CCC(C2)N3c2nc3ccc(C(=O)O)cc3s2)CC1. The molecule has 2 aliphatic heterocycles. The summed E-state index contributed by atoms with van der Waals surface area (Å²) in [7, 11) is 0. The molecule has 1 N–H and O–H groups in total. The molecule has 2 atom stereocenters. The predicted molar refractivity (Wildman–Crippen MR) is 147 cm³/mol. The molecule has 2 aromatic heterocycles. The van der Waals surface area contributed by atoms with Crippen molar-refractivity contribution in [1.29, 1.82) is 0 Å². The third kappa shape index (κ3) is 4.53. The second kappa shape index (κ2) is 9.33. The number of hydrogen-bond donors (Lipinski definition) is 1. The molecule has 4 aliphatic rings. The van der Waals surface area contributed by atoms with Crippen molar-refractivity contribution in [2.45, 2.75) is 115 Å². The van der Waals surface area contributed by atoms with Gasteiger partial charge in [0.25, 0.3) is 0 Å². The quantitative estimate of drug-likeness (QED) is 0.340. The maximum atomic E-state index is 11.4. The summed E-state index contributed by atoms with van der Waals surface area (Å²) < 4.78 is 13.6. The van der Waals surface area contributed by atoms with Crippen LogP contribution in [0.1, 0.15) is 117 Å². The zero-order chi connectivity index (χ0) is 26.0. The molecular formula is C30H37N3O4S. The number of thiazole rings is 1. The van der Waals surface area contributed by atoms with Crippen LogP contribution in [0.2, 0.25) is 0 Å². The number of carbonyl (C=O) groups is 1. The maximum Gasteiger partial charge on any atom is 0.335 e. The molecule has 2 unspecified atom stereocenters. The van der Waals surface area contributed by atoms with Crippen LogP contribution in [0.3, 0.4) is 0 Å². The largest absolute Gasteiger partial charge is 0.478 e. The van der Waals surface area contributed by atoms with Gasteiger partial charge in [-0.1, -0.05) is 30.3 Å². The van der Waals surface area contributed by atoms with Crippen molar-refractivity contribution in [3.8, 4) is 0 Å². The van der Waals surface area contributed by atoms with Crippen molar-refractivity contribution in [2.24, 2.45) is 5.41 Å². The number of nitrogens with zero attached hydrogens (tertiary/aromatic N) is 3. The minimum atomic E-state index is -0.895. The molecule has 38 heavy (non-hydrogen) atoms. The average Bonchev–Trinajstić information content (AvgIpc) is 3.41. The van der Waals surface area contributed by atoms with Crippen molar-refractivity contribution < 1.29 is 19.2 Å². The smallest absolute Gasteiger partial charge is 0.335 e. The molecule has 2 saturated heterocycles. The highest BCUT2D eigenvalue weighted by Gasteiger charge is 2.43. The first-order chi connectivity index (χ1) is 18.3. The fraction of sp³-hybridized carbons (Fsp3) is 0.633. The van der Waals surface area contributed by atoms with E-state index >= 15 is 0 Å². The average molecular weight is 536 g/mol. The first-order valence-electron chi connectivity index (χ1n) is 14.4. The molecule has 8 heteroatoms. The van der Waals surface area contributed by atoms with Gasteiger partial charge in [0.2, 0.25) is 0 Å². The summed E-state index contributed by atoms with van der Waals surface area (Å²) in [5.41, 5.74) is 4.07. The van der Waals surface area contributed by atoms with E-state index in [0.717, 1.165) is 46.8 Å². The molecule has 2 aliphatic carbocycles. The summed E-state index contributed by atoms with van der Waals surface area (Å²) >= 11 is 1.62. The number of hydrogen-bond acceptors (Lipinski definition) is 7. The van der Waals surface area contributed by atoms with Crippen LogP contribution >= 0.6 is 11.3 Å². The number of fused-ring (bicyclic) bond motifs is 3. The highest BCUT2D eigenvalue weighted by atomic mass is 32.1. The molecule has 2 saturated carbocycles. The topological polar surface area (TPSA) is 88.7 Å². The van der Waals surface area contributed by atoms with E-state index in [2.05, 4.69) is 23.9 Å². The summed E-state index contributed by atoms with van der Waals surface area (Å²) in [6.07, 6.45) is 11.8. The molecule has 4 heterocycles. The van der Waals surface area contributed by atoms with E-state index in [1.165, 1.54) is 49.8 Å². The molecule has 7 rings (SSSR count). The third-order valence-corrected chi connectivity index (χ3v) is 10.6. The number of anilines is 1. The highest BCUT2D eigenvalue weighted by molar-refractivity contribution is 7.22. The van der Waals surface area contributed by atoms with Crippen LogP contribution < -0.4 is 4.90 Å². The van der Waals surface area contributed by atoms with Gasteiger partial charge in [-0.3, -0.25) is 0 Å². The van der Waals surface area contributed by atoms with Crippen LogP contribution in [0.4, 0.5) is 5.13 Å². The summed E-state index contributed by atoms with van der Waals surface area (Å²) in [5, 5.41) is 15.0. The summed E-state index contributed by atoms with van der Waals surface area (Å²) in [5.74, 6) is 1.23. The Morgan fingerprint density at radius 2 is 1.84 bits per heavy atom. The Labute approximate surface area is 227 Å². The number of rotatable bonds is 7. The number of ether oxygens (including phenoxy) is 1. The van der Waals surface area contributed by atoms with Crippen LogP contribution in [0.15, 0.2) is 22.7 Å². The Kier molecular flexibility index (Phi) is 6.04. The number of carboxylic acid groups (broad SMARTS) is 1. The van der Waals surface area contributed by atoms with Crippen molar-refractivity contribution in [3.63, 3.8) is 0 Å². The normalized spacial score (nSPS) is 27.3. The number of aromatic nitrogens is 2. The molecule has 7 nitrogen and oxygen atoms in total. The van der Waals surface area contributed by atoms with E-state index < -0.39 is 5.97 Å². The molecule has 0 radical (unpaired) electrons. The van der Waals surface area contributed by atoms with Gasteiger partial charge in [-0.25, -0.2) is 9.78 Å². The second-order valence-corrected chi connectivity index (χ2v) is 13.8. The van der Waals surface area contributed by atoms with Gasteiger partial charge < -0.3 is 19.3 Å². The van der Waals surface area contributed by atoms with E-state index in [1.807, 2.05) is 6.07 Å².